The number of rotatable bonds is 5. The van der Waals surface area contributed by atoms with Crippen LogP contribution in [0.5, 0.6) is 0 Å². The molecule has 1 rings (SSSR count). The Kier molecular flexibility index (Phi) is 6.37. The first kappa shape index (κ1) is 17.1. The molecule has 104 valence electrons. The lowest BCUT2D eigenvalue weighted by Gasteiger charge is -2.22. The van der Waals surface area contributed by atoms with Gasteiger partial charge in [0.1, 0.15) is 9.84 Å². The molecule has 1 atom stereocenters. The van der Waals surface area contributed by atoms with Gasteiger partial charge in [-0.1, -0.05) is 0 Å². The van der Waals surface area contributed by atoms with E-state index in [1.807, 2.05) is 0 Å². The van der Waals surface area contributed by atoms with E-state index in [2.05, 4.69) is 0 Å². The van der Waals surface area contributed by atoms with Crippen LogP contribution in [-0.4, -0.2) is 58.0 Å². The van der Waals surface area contributed by atoms with Gasteiger partial charge in [0.2, 0.25) is 10.0 Å². The zero-order valence-corrected chi connectivity index (χ0v) is 12.2. The lowest BCUT2D eigenvalue weighted by atomic mass is 10.2. The number of halogens is 1. The van der Waals surface area contributed by atoms with E-state index in [0.29, 0.717) is 6.54 Å². The summed E-state index contributed by atoms with van der Waals surface area (Å²) in [6, 6.07) is -0.162. The van der Waals surface area contributed by atoms with Gasteiger partial charge in [-0.3, -0.25) is 0 Å². The normalized spacial score (nSPS) is 22.4. The zero-order chi connectivity index (χ0) is 12.4. The number of nitrogens with two attached hydrogens (primary N) is 1. The van der Waals surface area contributed by atoms with Crippen molar-refractivity contribution in [2.24, 2.45) is 5.73 Å². The first-order valence-electron chi connectivity index (χ1n) is 5.13. The molecular weight excluding hydrogens is 288 g/mol. The van der Waals surface area contributed by atoms with Crippen molar-refractivity contribution < 1.29 is 16.8 Å². The predicted molar refractivity (Wildman–Crippen MR) is 69.5 cm³/mol. The highest BCUT2D eigenvalue weighted by Gasteiger charge is 2.33. The molecule has 0 saturated carbocycles. The molecule has 17 heavy (non-hydrogen) atoms. The van der Waals surface area contributed by atoms with Crippen LogP contribution in [-0.2, 0) is 19.9 Å². The highest BCUT2D eigenvalue weighted by molar-refractivity contribution is 7.93. The summed E-state index contributed by atoms with van der Waals surface area (Å²) < 4.78 is 46.9. The van der Waals surface area contributed by atoms with Crippen LogP contribution in [0.15, 0.2) is 0 Å². The van der Waals surface area contributed by atoms with Crippen LogP contribution in [0.25, 0.3) is 0 Å². The highest BCUT2D eigenvalue weighted by atomic mass is 35.5. The first-order chi connectivity index (χ1) is 7.26. The molecule has 6 nitrogen and oxygen atoms in total. The van der Waals surface area contributed by atoms with Crippen LogP contribution in [0.3, 0.4) is 0 Å². The van der Waals surface area contributed by atoms with Crippen molar-refractivity contribution in [1.29, 1.82) is 0 Å². The van der Waals surface area contributed by atoms with Gasteiger partial charge < -0.3 is 5.73 Å². The van der Waals surface area contributed by atoms with Crippen LogP contribution in [0.4, 0.5) is 0 Å². The second kappa shape index (κ2) is 6.33. The largest absolute Gasteiger partial charge is 0.329 e. The summed E-state index contributed by atoms with van der Waals surface area (Å²) in [5.74, 6) is -0.675. The van der Waals surface area contributed by atoms with E-state index >= 15 is 0 Å². The van der Waals surface area contributed by atoms with Crippen molar-refractivity contribution in [3.05, 3.63) is 0 Å². The van der Waals surface area contributed by atoms with E-state index in [9.17, 15) is 16.8 Å². The third-order valence-electron chi connectivity index (χ3n) is 2.66. The smallest absolute Gasteiger partial charge is 0.215 e. The lowest BCUT2D eigenvalue weighted by Crippen LogP contribution is -2.42. The topological polar surface area (TPSA) is 97.5 Å². The summed E-state index contributed by atoms with van der Waals surface area (Å²) in [6.45, 7) is 0.742. The molecule has 0 spiro atoms. The fourth-order valence-electron chi connectivity index (χ4n) is 1.78. The number of hydrogen-bond donors (Lipinski definition) is 1. The summed E-state index contributed by atoms with van der Waals surface area (Å²) in [7, 11) is -6.73. The van der Waals surface area contributed by atoms with Gasteiger partial charge in [-0.05, 0) is 12.8 Å². The molecule has 0 aromatic rings. The Labute approximate surface area is 109 Å². The predicted octanol–water partition coefficient (Wildman–Crippen LogP) is -0.794. The number of sulfone groups is 1. The van der Waals surface area contributed by atoms with E-state index in [4.69, 9.17) is 5.73 Å². The van der Waals surface area contributed by atoms with Crippen LogP contribution < -0.4 is 5.73 Å². The van der Waals surface area contributed by atoms with Gasteiger partial charge in [0.05, 0.1) is 11.5 Å². The Morgan fingerprint density at radius 3 is 2.29 bits per heavy atom. The molecule has 1 fully saturated rings. The van der Waals surface area contributed by atoms with Gasteiger partial charge in [-0.2, -0.15) is 4.31 Å². The van der Waals surface area contributed by atoms with Crippen molar-refractivity contribution >= 4 is 32.3 Å². The molecule has 1 unspecified atom stereocenters. The van der Waals surface area contributed by atoms with E-state index < -0.39 is 19.9 Å². The molecule has 0 aromatic carbocycles. The van der Waals surface area contributed by atoms with Crippen molar-refractivity contribution in [2.75, 3.05) is 30.9 Å². The fraction of sp³-hybridized carbons (Fsp3) is 1.00. The molecule has 1 aliphatic heterocycles. The Bertz CT molecular complexity index is 434. The molecule has 9 heteroatoms. The van der Waals surface area contributed by atoms with E-state index in [0.717, 1.165) is 19.1 Å². The summed E-state index contributed by atoms with van der Waals surface area (Å²) >= 11 is 0. The average Bonchev–Trinajstić information content (AvgIpc) is 2.62. The van der Waals surface area contributed by atoms with Crippen LogP contribution in [0.2, 0.25) is 0 Å². The fourth-order valence-corrected chi connectivity index (χ4v) is 5.13. The second-order valence-corrected chi connectivity index (χ2v) is 8.39. The summed E-state index contributed by atoms with van der Waals surface area (Å²) in [5.41, 5.74) is 5.48. The Balaban J connectivity index is 0.00000256. The Morgan fingerprint density at radius 2 is 1.82 bits per heavy atom. The standard InChI is InChI=1S/C8H18N2O4S2.ClH/c1-15(11,12)5-6-16(13,14)10-4-2-3-8(10)7-9;/h8H,2-7,9H2,1H3;1H. The Hall–Kier alpha value is 0.110. The third kappa shape index (κ3) is 5.09. The van der Waals surface area contributed by atoms with Crippen LogP contribution in [0.1, 0.15) is 12.8 Å². The molecule has 0 radical (unpaired) electrons. The van der Waals surface area contributed by atoms with Crippen molar-refractivity contribution in [3.8, 4) is 0 Å². The second-order valence-electron chi connectivity index (χ2n) is 4.09. The molecule has 1 saturated heterocycles. The number of nitrogens with zero attached hydrogens (tertiary/aromatic N) is 1. The quantitative estimate of drug-likeness (QED) is 0.717. The molecule has 0 bridgehead atoms. The maximum atomic E-state index is 11.9. The SMILES string of the molecule is CS(=O)(=O)CCS(=O)(=O)N1CCCC1CN.Cl. The molecule has 0 aromatic heterocycles. The van der Waals surface area contributed by atoms with Gasteiger partial charge in [0.15, 0.2) is 0 Å². The molecule has 2 N–H and O–H groups in total. The summed E-state index contributed by atoms with van der Waals surface area (Å²) in [5, 5.41) is 0. The summed E-state index contributed by atoms with van der Waals surface area (Å²) in [6.07, 6.45) is 2.58. The van der Waals surface area contributed by atoms with Gasteiger partial charge in [0.25, 0.3) is 0 Å². The minimum Gasteiger partial charge on any atom is -0.329 e. The molecule has 0 aliphatic carbocycles. The average molecular weight is 307 g/mol. The minimum absolute atomic E-state index is 0. The maximum absolute atomic E-state index is 11.9. The molecule has 0 amide bonds. The van der Waals surface area contributed by atoms with Crippen molar-refractivity contribution in [1.82, 2.24) is 4.31 Å². The lowest BCUT2D eigenvalue weighted by molar-refractivity contribution is 0.394. The Morgan fingerprint density at radius 1 is 1.24 bits per heavy atom. The van der Waals surface area contributed by atoms with Crippen molar-refractivity contribution in [2.45, 2.75) is 18.9 Å². The van der Waals surface area contributed by atoms with E-state index in [1.165, 1.54) is 4.31 Å². The molecule has 1 aliphatic rings. The highest BCUT2D eigenvalue weighted by Crippen LogP contribution is 2.20. The number of hydrogen-bond acceptors (Lipinski definition) is 5. The van der Waals surface area contributed by atoms with Crippen LogP contribution >= 0.6 is 12.4 Å². The molecular formula is C8H19ClN2O4S2. The molecule has 1 heterocycles. The van der Waals surface area contributed by atoms with Gasteiger partial charge in [-0.25, -0.2) is 16.8 Å². The zero-order valence-electron chi connectivity index (χ0n) is 9.70. The monoisotopic (exact) mass is 306 g/mol. The van der Waals surface area contributed by atoms with E-state index in [-0.39, 0.29) is 36.5 Å². The first-order valence-corrected chi connectivity index (χ1v) is 8.80. The van der Waals surface area contributed by atoms with E-state index in [1.54, 1.807) is 0 Å². The van der Waals surface area contributed by atoms with Gasteiger partial charge >= 0.3 is 0 Å². The third-order valence-corrected chi connectivity index (χ3v) is 5.78. The van der Waals surface area contributed by atoms with Crippen LogP contribution in [0, 0.1) is 0 Å². The van der Waals surface area contributed by atoms with Gasteiger partial charge in [0, 0.05) is 25.4 Å². The van der Waals surface area contributed by atoms with Gasteiger partial charge in [-0.15, -0.1) is 12.4 Å². The summed E-state index contributed by atoms with van der Waals surface area (Å²) in [4.78, 5) is 0. The maximum Gasteiger partial charge on any atom is 0.215 e. The minimum atomic E-state index is -3.48. The van der Waals surface area contributed by atoms with Crippen molar-refractivity contribution in [3.63, 3.8) is 0 Å². The number of sulfonamides is 1.